The van der Waals surface area contributed by atoms with Crippen LogP contribution < -0.4 is 11.3 Å². The molecule has 0 aliphatic rings. The number of nitrogens with one attached hydrogen (secondary N) is 1. The number of aliphatic imine (C=N–C) groups is 1. The number of pyridine rings is 1. The van der Waals surface area contributed by atoms with Crippen LogP contribution in [0, 0.1) is 0 Å². The van der Waals surface area contributed by atoms with Crippen LogP contribution in [0.15, 0.2) is 28.0 Å². The molecule has 0 saturated heterocycles. The predicted molar refractivity (Wildman–Crippen MR) is 88.1 cm³/mol. The second-order valence-electron chi connectivity index (χ2n) is 4.95. The van der Waals surface area contributed by atoms with E-state index in [2.05, 4.69) is 15.0 Å². The number of hydrogen-bond acceptors (Lipinski definition) is 5. The quantitative estimate of drug-likeness (QED) is 0.564. The van der Waals surface area contributed by atoms with Gasteiger partial charge in [0.2, 0.25) is 5.13 Å². The van der Waals surface area contributed by atoms with Crippen LogP contribution in [0.1, 0.15) is 10.4 Å². The molecule has 0 aliphatic heterocycles. The number of primary amides is 1. The minimum atomic E-state index is -0.763. The van der Waals surface area contributed by atoms with Crippen LogP contribution in [-0.4, -0.2) is 41.2 Å². The third-order valence-electron chi connectivity index (χ3n) is 3.03. The summed E-state index contributed by atoms with van der Waals surface area (Å²) in [6.45, 7) is 0. The zero-order valence-corrected chi connectivity index (χ0v) is 12.8. The molecule has 3 N–H and O–H groups in total. The molecule has 0 radical (unpaired) electrons. The molecule has 0 saturated carbocycles. The van der Waals surface area contributed by atoms with E-state index in [-0.39, 0.29) is 5.56 Å². The third-order valence-corrected chi connectivity index (χ3v) is 3.96. The van der Waals surface area contributed by atoms with Crippen LogP contribution in [0.5, 0.6) is 0 Å². The summed E-state index contributed by atoms with van der Waals surface area (Å²) < 4.78 is 0.917. The first-order valence-corrected chi connectivity index (χ1v) is 7.24. The van der Waals surface area contributed by atoms with Crippen molar-refractivity contribution in [2.45, 2.75) is 0 Å². The first-order chi connectivity index (χ1) is 10.5. The molecule has 3 aromatic rings. The molecule has 22 heavy (non-hydrogen) atoms. The van der Waals surface area contributed by atoms with Crippen LogP contribution in [0.25, 0.3) is 21.1 Å². The number of amides is 1. The smallest absolute Gasteiger partial charge is 0.261 e. The van der Waals surface area contributed by atoms with Gasteiger partial charge in [-0.3, -0.25) is 9.59 Å². The van der Waals surface area contributed by atoms with Crippen LogP contribution in [0.4, 0.5) is 5.13 Å². The van der Waals surface area contributed by atoms with Gasteiger partial charge in [-0.25, -0.2) is 9.98 Å². The molecule has 1 amide bonds. The summed E-state index contributed by atoms with van der Waals surface area (Å²) in [6.07, 6.45) is 1.66. The predicted octanol–water partition coefficient (Wildman–Crippen LogP) is 1.46. The second-order valence-corrected chi connectivity index (χ2v) is 5.96. The van der Waals surface area contributed by atoms with Gasteiger partial charge >= 0.3 is 0 Å². The van der Waals surface area contributed by atoms with Gasteiger partial charge < -0.3 is 15.6 Å². The van der Waals surface area contributed by atoms with Crippen LogP contribution in [-0.2, 0) is 0 Å². The maximum absolute atomic E-state index is 11.8. The van der Waals surface area contributed by atoms with Crippen molar-refractivity contribution in [2.24, 2.45) is 10.7 Å². The molecule has 0 spiro atoms. The van der Waals surface area contributed by atoms with Gasteiger partial charge in [-0.05, 0) is 18.2 Å². The average molecular weight is 315 g/mol. The number of benzene rings is 1. The highest BCUT2D eigenvalue weighted by Crippen LogP contribution is 2.32. The minimum Gasteiger partial charge on any atom is -0.369 e. The van der Waals surface area contributed by atoms with E-state index in [9.17, 15) is 9.59 Å². The molecule has 2 heterocycles. The summed E-state index contributed by atoms with van der Waals surface area (Å²) in [6, 6.07) is 5.13. The van der Waals surface area contributed by atoms with Gasteiger partial charge in [0, 0.05) is 19.5 Å². The first-order valence-electron chi connectivity index (χ1n) is 6.42. The lowest BCUT2D eigenvalue weighted by molar-refractivity contribution is 0.0999. The Hall–Kier alpha value is -2.74. The van der Waals surface area contributed by atoms with Crippen molar-refractivity contribution < 1.29 is 4.79 Å². The molecule has 112 valence electrons. The van der Waals surface area contributed by atoms with Gasteiger partial charge in [-0.15, -0.1) is 0 Å². The van der Waals surface area contributed by atoms with E-state index < -0.39 is 11.5 Å². The fourth-order valence-electron chi connectivity index (χ4n) is 2.06. The Labute approximate surface area is 129 Å². The van der Waals surface area contributed by atoms with Crippen molar-refractivity contribution in [1.82, 2.24) is 14.9 Å². The van der Waals surface area contributed by atoms with Crippen molar-refractivity contribution in [2.75, 3.05) is 14.1 Å². The van der Waals surface area contributed by atoms with E-state index in [1.165, 1.54) is 17.4 Å². The average Bonchev–Trinajstić information content (AvgIpc) is 2.87. The maximum atomic E-state index is 11.8. The molecular weight excluding hydrogens is 302 g/mol. The summed E-state index contributed by atoms with van der Waals surface area (Å²) in [7, 11) is 3.74. The first kappa shape index (κ1) is 14.2. The Bertz CT molecular complexity index is 970. The van der Waals surface area contributed by atoms with Crippen LogP contribution in [0.3, 0.4) is 0 Å². The number of thiazole rings is 1. The number of H-pyrrole nitrogens is 1. The van der Waals surface area contributed by atoms with E-state index in [1.54, 1.807) is 12.4 Å². The molecule has 8 heteroatoms. The number of aromatic amines is 1. The molecule has 1 aromatic carbocycles. The highest BCUT2D eigenvalue weighted by atomic mass is 32.1. The van der Waals surface area contributed by atoms with Crippen LogP contribution in [0.2, 0.25) is 0 Å². The zero-order chi connectivity index (χ0) is 15.9. The number of hydrogen-bond donors (Lipinski definition) is 2. The number of carbonyl (C=O) groups is 1. The van der Waals surface area contributed by atoms with Gasteiger partial charge in [0.1, 0.15) is 5.56 Å². The second kappa shape index (κ2) is 5.23. The molecule has 0 fully saturated rings. The Kier molecular flexibility index (Phi) is 3.38. The van der Waals surface area contributed by atoms with Gasteiger partial charge in [-0.2, -0.15) is 0 Å². The lowest BCUT2D eigenvalue weighted by atomic mass is 10.1. The van der Waals surface area contributed by atoms with Crippen molar-refractivity contribution in [3.05, 3.63) is 34.1 Å². The Morgan fingerprint density at radius 2 is 2.23 bits per heavy atom. The fraction of sp³-hybridized carbons (Fsp3) is 0.143. The molecule has 0 unspecified atom stereocenters. The van der Waals surface area contributed by atoms with Gasteiger partial charge in [-0.1, -0.05) is 11.3 Å². The topological polar surface area (TPSA) is 104 Å². The summed E-state index contributed by atoms with van der Waals surface area (Å²) >= 11 is 1.43. The third kappa shape index (κ3) is 2.44. The Morgan fingerprint density at radius 1 is 1.45 bits per heavy atom. The number of nitrogens with zero attached hydrogens (tertiary/aromatic N) is 3. The maximum Gasteiger partial charge on any atom is 0.261 e. The lowest BCUT2D eigenvalue weighted by Crippen LogP contribution is -2.23. The SMILES string of the molecule is CN(C)C=Nc1nc2c(ccc3[nH]c(=O)c(C(N)=O)cc32)s1. The van der Waals surface area contributed by atoms with Crippen LogP contribution >= 0.6 is 11.3 Å². The number of aromatic nitrogens is 2. The van der Waals surface area contributed by atoms with E-state index in [0.29, 0.717) is 21.6 Å². The highest BCUT2D eigenvalue weighted by Gasteiger charge is 2.12. The molecule has 7 nitrogen and oxygen atoms in total. The van der Waals surface area contributed by atoms with Gasteiger partial charge in [0.05, 0.1) is 22.1 Å². The molecule has 0 atom stereocenters. The van der Waals surface area contributed by atoms with Gasteiger partial charge in [0.15, 0.2) is 0 Å². The molecule has 3 rings (SSSR count). The molecule has 0 bridgehead atoms. The Morgan fingerprint density at radius 3 is 2.91 bits per heavy atom. The number of fused-ring (bicyclic) bond motifs is 3. The van der Waals surface area contributed by atoms with E-state index in [0.717, 1.165) is 4.70 Å². The zero-order valence-electron chi connectivity index (χ0n) is 12.0. The number of nitrogens with two attached hydrogens (primary N) is 1. The normalized spacial score (nSPS) is 11.5. The Balaban J connectivity index is 2.27. The largest absolute Gasteiger partial charge is 0.369 e. The van der Waals surface area contributed by atoms with E-state index in [1.807, 2.05) is 25.1 Å². The lowest BCUT2D eigenvalue weighted by Gasteiger charge is -2.01. The standard InChI is InChI=1S/C14H13N5O2S/c1-19(2)6-16-14-18-11-7-5-8(12(15)20)13(21)17-9(7)3-4-10(11)22-14/h3-6H,1-2H3,(H2,15,20)(H,17,21). The van der Waals surface area contributed by atoms with Crippen molar-refractivity contribution >= 4 is 49.8 Å². The monoisotopic (exact) mass is 315 g/mol. The fourth-order valence-corrected chi connectivity index (χ4v) is 2.88. The minimum absolute atomic E-state index is 0.0775. The summed E-state index contributed by atoms with van der Waals surface area (Å²) in [5, 5.41) is 1.27. The summed E-state index contributed by atoms with van der Waals surface area (Å²) in [4.78, 5) is 36.3. The summed E-state index contributed by atoms with van der Waals surface area (Å²) in [5.74, 6) is -0.763. The molecular formula is C14H13N5O2S. The molecule has 0 aliphatic carbocycles. The van der Waals surface area contributed by atoms with Crippen molar-refractivity contribution in [3.8, 4) is 0 Å². The highest BCUT2D eigenvalue weighted by molar-refractivity contribution is 7.22. The summed E-state index contributed by atoms with van der Waals surface area (Å²) in [5.41, 5.74) is 5.95. The van der Waals surface area contributed by atoms with E-state index in [4.69, 9.17) is 5.73 Å². The van der Waals surface area contributed by atoms with Gasteiger partial charge in [0.25, 0.3) is 11.5 Å². The molecule has 2 aromatic heterocycles. The number of carbonyl (C=O) groups excluding carboxylic acids is 1. The number of rotatable bonds is 3. The van der Waals surface area contributed by atoms with Crippen molar-refractivity contribution in [3.63, 3.8) is 0 Å². The van der Waals surface area contributed by atoms with Crippen molar-refractivity contribution in [1.29, 1.82) is 0 Å². The van der Waals surface area contributed by atoms with E-state index >= 15 is 0 Å².